The number of nitrogens with one attached hydrogen (secondary N) is 3. The minimum absolute atomic E-state index is 0.000652. The van der Waals surface area contributed by atoms with Gasteiger partial charge in [0.05, 0.1) is 19.2 Å². The number of hydrogen-bond donors (Lipinski definition) is 3. The van der Waals surface area contributed by atoms with Crippen molar-refractivity contribution in [2.24, 2.45) is 0 Å². The molecule has 0 saturated carbocycles. The van der Waals surface area contributed by atoms with E-state index in [4.69, 9.17) is 16.3 Å². The standard InChI is InChI=1S/C22H20ClN3O3/c1-29-18-11-9-16(10-12-18)26-22(28)19-7-2-3-8-20(19)24-14-21(27)25-17-6-4-5-15(23)13-17/h2-13,24H,14H2,1H3,(H,25,27)(H,26,28). The summed E-state index contributed by atoms with van der Waals surface area (Å²) in [5, 5.41) is 9.13. The summed E-state index contributed by atoms with van der Waals surface area (Å²) in [4.78, 5) is 24.9. The molecule has 0 aliphatic rings. The van der Waals surface area contributed by atoms with Gasteiger partial charge < -0.3 is 20.7 Å². The molecule has 0 bridgehead atoms. The number of carbonyl (C=O) groups excluding carboxylic acids is 2. The molecule has 0 atom stereocenters. The molecule has 0 fully saturated rings. The molecule has 148 valence electrons. The first kappa shape index (κ1) is 20.2. The number of amides is 2. The van der Waals surface area contributed by atoms with Crippen LogP contribution in [0.2, 0.25) is 5.02 Å². The van der Waals surface area contributed by atoms with Crippen molar-refractivity contribution in [1.82, 2.24) is 0 Å². The van der Waals surface area contributed by atoms with Crippen LogP contribution >= 0.6 is 11.6 Å². The summed E-state index contributed by atoms with van der Waals surface area (Å²) in [6, 6.07) is 20.9. The average molecular weight is 410 g/mol. The zero-order valence-electron chi connectivity index (χ0n) is 15.7. The molecule has 3 aromatic rings. The fraction of sp³-hybridized carbons (Fsp3) is 0.0909. The number of anilines is 3. The first-order valence-electron chi connectivity index (χ1n) is 8.89. The van der Waals surface area contributed by atoms with Crippen LogP contribution in [0.25, 0.3) is 0 Å². The predicted octanol–water partition coefficient (Wildman–Crippen LogP) is 4.65. The fourth-order valence-corrected chi connectivity index (χ4v) is 2.85. The quantitative estimate of drug-likeness (QED) is 0.530. The molecule has 3 aromatic carbocycles. The number of carbonyl (C=O) groups is 2. The molecule has 0 aliphatic carbocycles. The van der Waals surface area contributed by atoms with E-state index in [0.717, 1.165) is 0 Å². The second-order valence-corrected chi connectivity index (χ2v) is 6.58. The lowest BCUT2D eigenvalue weighted by molar-refractivity contribution is -0.114. The molecule has 0 saturated heterocycles. The summed E-state index contributed by atoms with van der Waals surface area (Å²) < 4.78 is 5.11. The van der Waals surface area contributed by atoms with E-state index < -0.39 is 0 Å². The average Bonchev–Trinajstić information content (AvgIpc) is 2.73. The molecule has 0 heterocycles. The Balaban J connectivity index is 1.63. The van der Waals surface area contributed by atoms with Gasteiger partial charge in [0.1, 0.15) is 5.75 Å². The molecule has 7 heteroatoms. The van der Waals surface area contributed by atoms with Crippen molar-refractivity contribution in [1.29, 1.82) is 0 Å². The van der Waals surface area contributed by atoms with Gasteiger partial charge in [0.15, 0.2) is 0 Å². The van der Waals surface area contributed by atoms with Crippen molar-refractivity contribution < 1.29 is 14.3 Å². The van der Waals surface area contributed by atoms with E-state index in [2.05, 4.69) is 16.0 Å². The topological polar surface area (TPSA) is 79.5 Å². The van der Waals surface area contributed by atoms with Crippen molar-refractivity contribution in [3.63, 3.8) is 0 Å². The maximum atomic E-state index is 12.7. The first-order chi connectivity index (χ1) is 14.0. The maximum absolute atomic E-state index is 12.7. The smallest absolute Gasteiger partial charge is 0.257 e. The van der Waals surface area contributed by atoms with Gasteiger partial charge in [-0.2, -0.15) is 0 Å². The van der Waals surface area contributed by atoms with Crippen LogP contribution in [-0.2, 0) is 4.79 Å². The molecule has 0 aliphatic heterocycles. The number of halogens is 1. The molecule has 0 radical (unpaired) electrons. The van der Waals surface area contributed by atoms with Gasteiger partial charge in [-0.3, -0.25) is 9.59 Å². The van der Waals surface area contributed by atoms with E-state index in [-0.39, 0.29) is 18.4 Å². The minimum Gasteiger partial charge on any atom is -0.497 e. The largest absolute Gasteiger partial charge is 0.497 e. The number of hydrogen-bond acceptors (Lipinski definition) is 4. The Morgan fingerprint density at radius 2 is 1.66 bits per heavy atom. The molecule has 0 spiro atoms. The van der Waals surface area contributed by atoms with E-state index in [1.165, 1.54) is 0 Å². The van der Waals surface area contributed by atoms with Gasteiger partial charge in [-0.15, -0.1) is 0 Å². The van der Waals surface area contributed by atoms with Crippen LogP contribution in [0.15, 0.2) is 72.8 Å². The van der Waals surface area contributed by atoms with Gasteiger partial charge in [-0.05, 0) is 54.6 Å². The Kier molecular flexibility index (Phi) is 6.71. The lowest BCUT2D eigenvalue weighted by atomic mass is 10.1. The van der Waals surface area contributed by atoms with Gasteiger partial charge in [0.25, 0.3) is 5.91 Å². The van der Waals surface area contributed by atoms with Crippen LogP contribution < -0.4 is 20.7 Å². The van der Waals surface area contributed by atoms with E-state index in [9.17, 15) is 9.59 Å². The molecule has 3 N–H and O–H groups in total. The Morgan fingerprint density at radius 3 is 2.38 bits per heavy atom. The van der Waals surface area contributed by atoms with E-state index >= 15 is 0 Å². The van der Waals surface area contributed by atoms with Crippen molar-refractivity contribution in [3.05, 3.63) is 83.4 Å². The Labute approximate surface area is 173 Å². The van der Waals surface area contributed by atoms with Crippen molar-refractivity contribution in [3.8, 4) is 5.75 Å². The second kappa shape index (κ2) is 9.61. The summed E-state index contributed by atoms with van der Waals surface area (Å²) in [6.07, 6.45) is 0. The van der Waals surface area contributed by atoms with Gasteiger partial charge >= 0.3 is 0 Å². The lowest BCUT2D eigenvalue weighted by Gasteiger charge is -2.13. The summed E-state index contributed by atoms with van der Waals surface area (Å²) in [7, 11) is 1.58. The maximum Gasteiger partial charge on any atom is 0.257 e. The van der Waals surface area contributed by atoms with Crippen molar-refractivity contribution in [2.75, 3.05) is 29.6 Å². The van der Waals surface area contributed by atoms with Gasteiger partial charge in [0.2, 0.25) is 5.91 Å². The third-order valence-electron chi connectivity index (χ3n) is 4.07. The molecular weight excluding hydrogens is 390 g/mol. The third-order valence-corrected chi connectivity index (χ3v) is 4.30. The Morgan fingerprint density at radius 1 is 0.897 bits per heavy atom. The minimum atomic E-state index is -0.284. The van der Waals surface area contributed by atoms with Gasteiger partial charge in [0, 0.05) is 22.1 Å². The van der Waals surface area contributed by atoms with Crippen molar-refractivity contribution >= 4 is 40.5 Å². The van der Waals surface area contributed by atoms with E-state index in [0.29, 0.717) is 33.4 Å². The van der Waals surface area contributed by atoms with Crippen LogP contribution in [0.4, 0.5) is 17.1 Å². The number of rotatable bonds is 7. The molecule has 0 unspecified atom stereocenters. The lowest BCUT2D eigenvalue weighted by Crippen LogP contribution is -2.23. The van der Waals surface area contributed by atoms with Crippen LogP contribution in [0.1, 0.15) is 10.4 Å². The van der Waals surface area contributed by atoms with Gasteiger partial charge in [-0.1, -0.05) is 29.8 Å². The second-order valence-electron chi connectivity index (χ2n) is 6.14. The molecule has 2 amide bonds. The van der Waals surface area contributed by atoms with Crippen LogP contribution in [0, 0.1) is 0 Å². The highest BCUT2D eigenvalue weighted by molar-refractivity contribution is 6.30. The molecule has 0 aromatic heterocycles. The zero-order valence-corrected chi connectivity index (χ0v) is 16.5. The van der Waals surface area contributed by atoms with Gasteiger partial charge in [-0.25, -0.2) is 0 Å². The molecular formula is C22H20ClN3O3. The zero-order chi connectivity index (χ0) is 20.6. The predicted molar refractivity (Wildman–Crippen MR) is 116 cm³/mol. The van der Waals surface area contributed by atoms with Crippen LogP contribution in [0.3, 0.4) is 0 Å². The number of para-hydroxylation sites is 1. The molecule has 3 rings (SSSR count). The van der Waals surface area contributed by atoms with Crippen LogP contribution in [0.5, 0.6) is 5.75 Å². The third kappa shape index (κ3) is 5.73. The van der Waals surface area contributed by atoms with E-state index in [1.807, 2.05) is 0 Å². The summed E-state index contributed by atoms with van der Waals surface area (Å²) >= 11 is 5.92. The summed E-state index contributed by atoms with van der Waals surface area (Å²) in [5.74, 6) is 0.168. The highest BCUT2D eigenvalue weighted by Crippen LogP contribution is 2.20. The highest BCUT2D eigenvalue weighted by Gasteiger charge is 2.12. The summed E-state index contributed by atoms with van der Waals surface area (Å²) in [6.45, 7) is -0.000652. The summed E-state index contributed by atoms with van der Waals surface area (Å²) in [5.41, 5.74) is 2.23. The van der Waals surface area contributed by atoms with E-state index in [1.54, 1.807) is 79.9 Å². The number of benzene rings is 3. The monoisotopic (exact) mass is 409 g/mol. The van der Waals surface area contributed by atoms with Crippen molar-refractivity contribution in [2.45, 2.75) is 0 Å². The SMILES string of the molecule is COc1ccc(NC(=O)c2ccccc2NCC(=O)Nc2cccc(Cl)c2)cc1. The molecule has 6 nitrogen and oxygen atoms in total. The fourth-order valence-electron chi connectivity index (χ4n) is 2.65. The first-order valence-corrected chi connectivity index (χ1v) is 9.26. The Bertz CT molecular complexity index is 1010. The molecule has 29 heavy (non-hydrogen) atoms. The highest BCUT2D eigenvalue weighted by atomic mass is 35.5. The van der Waals surface area contributed by atoms with Crippen LogP contribution in [-0.4, -0.2) is 25.5 Å². The number of methoxy groups -OCH3 is 1. The Hall–Kier alpha value is -3.51. The number of ether oxygens (including phenoxy) is 1. The normalized spacial score (nSPS) is 10.1.